The molecule has 0 bridgehead atoms. The van der Waals surface area contributed by atoms with Gasteiger partial charge in [-0.25, -0.2) is 0 Å². The first-order valence-corrected chi connectivity index (χ1v) is 7.89. The summed E-state index contributed by atoms with van der Waals surface area (Å²) in [6.07, 6.45) is 3.02. The third-order valence-corrected chi connectivity index (χ3v) is 4.02. The van der Waals surface area contributed by atoms with Crippen LogP contribution >= 0.6 is 24.8 Å². The number of nitrogens with two attached hydrogens (primary N) is 1. The summed E-state index contributed by atoms with van der Waals surface area (Å²) in [4.78, 5) is 14.5. The maximum absolute atomic E-state index is 12.1. The smallest absolute Gasteiger partial charge is 0.224 e. The summed E-state index contributed by atoms with van der Waals surface area (Å²) < 4.78 is 0. The molecular formula is C17H29Cl2N3O. The third-order valence-electron chi connectivity index (χ3n) is 4.02. The topological polar surface area (TPSA) is 58.4 Å². The molecule has 2 unspecified atom stereocenters. The van der Waals surface area contributed by atoms with Crippen LogP contribution in [0.1, 0.15) is 32.3 Å². The number of rotatable bonds is 5. The molecule has 0 aromatic heterocycles. The predicted octanol–water partition coefficient (Wildman–Crippen LogP) is 2.89. The van der Waals surface area contributed by atoms with Crippen molar-refractivity contribution in [1.82, 2.24) is 10.2 Å². The molecule has 132 valence electrons. The zero-order chi connectivity index (χ0) is 15.2. The highest BCUT2D eigenvalue weighted by Crippen LogP contribution is 2.15. The number of carbonyl (C=O) groups is 1. The number of nitrogens with zero attached hydrogens (tertiary/aromatic N) is 1. The van der Waals surface area contributed by atoms with Crippen molar-refractivity contribution in [2.75, 3.05) is 25.4 Å². The maximum atomic E-state index is 12.1. The number of halogens is 2. The highest BCUT2D eigenvalue weighted by atomic mass is 35.5. The van der Waals surface area contributed by atoms with E-state index in [0.29, 0.717) is 6.42 Å². The average Bonchev–Trinajstić information content (AvgIpc) is 2.41. The Morgan fingerprint density at radius 1 is 1.35 bits per heavy atom. The minimum absolute atomic E-state index is 0. The zero-order valence-electron chi connectivity index (χ0n) is 14.0. The summed E-state index contributed by atoms with van der Waals surface area (Å²) in [5.74, 6) is 0.855. The first kappa shape index (κ1) is 22.0. The number of hydrogen-bond donors (Lipinski definition) is 2. The molecule has 0 radical (unpaired) electrons. The molecule has 1 aromatic rings. The predicted molar refractivity (Wildman–Crippen MR) is 101 cm³/mol. The van der Waals surface area contributed by atoms with E-state index in [0.717, 1.165) is 36.8 Å². The Kier molecular flexibility index (Phi) is 10.3. The molecule has 1 aliphatic heterocycles. The van der Waals surface area contributed by atoms with Crippen LogP contribution in [0.5, 0.6) is 0 Å². The fourth-order valence-corrected chi connectivity index (χ4v) is 3.03. The number of piperidine rings is 1. The highest BCUT2D eigenvalue weighted by molar-refractivity contribution is 5.85. The monoisotopic (exact) mass is 361 g/mol. The van der Waals surface area contributed by atoms with Crippen LogP contribution in [0.4, 0.5) is 5.69 Å². The van der Waals surface area contributed by atoms with Gasteiger partial charge in [-0.15, -0.1) is 24.8 Å². The van der Waals surface area contributed by atoms with E-state index in [2.05, 4.69) is 24.1 Å². The summed E-state index contributed by atoms with van der Waals surface area (Å²) in [7, 11) is 0. The Bertz CT molecular complexity index is 467. The second kappa shape index (κ2) is 10.7. The lowest BCUT2D eigenvalue weighted by Crippen LogP contribution is -2.45. The molecule has 3 N–H and O–H groups in total. The van der Waals surface area contributed by atoms with E-state index in [1.54, 1.807) is 0 Å². The Hall–Kier alpha value is -0.970. The summed E-state index contributed by atoms with van der Waals surface area (Å²) in [5, 5.41) is 3.09. The number of nitrogens with one attached hydrogen (secondary N) is 1. The Labute approximate surface area is 152 Å². The van der Waals surface area contributed by atoms with Gasteiger partial charge in [0.15, 0.2) is 0 Å². The van der Waals surface area contributed by atoms with Crippen molar-refractivity contribution < 1.29 is 4.79 Å². The minimum atomic E-state index is 0. The second-order valence-corrected chi connectivity index (χ2v) is 6.39. The van der Waals surface area contributed by atoms with Gasteiger partial charge in [0.25, 0.3) is 0 Å². The Morgan fingerprint density at radius 3 is 2.61 bits per heavy atom. The molecule has 4 nitrogen and oxygen atoms in total. The first-order chi connectivity index (χ1) is 10.0. The summed E-state index contributed by atoms with van der Waals surface area (Å²) in [5.41, 5.74) is 7.38. The summed E-state index contributed by atoms with van der Waals surface area (Å²) in [6, 6.07) is 7.68. The van der Waals surface area contributed by atoms with E-state index in [1.165, 1.54) is 12.8 Å². The van der Waals surface area contributed by atoms with Crippen molar-refractivity contribution in [2.45, 2.75) is 39.2 Å². The van der Waals surface area contributed by atoms with Crippen LogP contribution in [0.15, 0.2) is 24.3 Å². The summed E-state index contributed by atoms with van der Waals surface area (Å²) >= 11 is 0. The lowest BCUT2D eigenvalue weighted by Gasteiger charge is -2.32. The van der Waals surface area contributed by atoms with Crippen molar-refractivity contribution in [2.24, 2.45) is 5.92 Å². The van der Waals surface area contributed by atoms with Gasteiger partial charge in [0.1, 0.15) is 0 Å². The van der Waals surface area contributed by atoms with Crippen LogP contribution in [0.3, 0.4) is 0 Å². The quantitative estimate of drug-likeness (QED) is 0.792. The number of amides is 1. The van der Waals surface area contributed by atoms with E-state index in [4.69, 9.17) is 5.73 Å². The lowest BCUT2D eigenvalue weighted by atomic mass is 10.00. The Morgan fingerprint density at radius 2 is 2.00 bits per heavy atom. The second-order valence-electron chi connectivity index (χ2n) is 6.39. The van der Waals surface area contributed by atoms with Crippen molar-refractivity contribution in [1.29, 1.82) is 0 Å². The molecule has 1 aliphatic rings. The molecule has 1 fully saturated rings. The van der Waals surface area contributed by atoms with E-state index >= 15 is 0 Å². The molecule has 0 spiro atoms. The normalized spacial score (nSPS) is 19.1. The average molecular weight is 362 g/mol. The molecule has 23 heavy (non-hydrogen) atoms. The summed E-state index contributed by atoms with van der Waals surface area (Å²) in [6.45, 7) is 7.63. The highest BCUT2D eigenvalue weighted by Gasteiger charge is 2.18. The molecule has 1 aromatic carbocycles. The van der Waals surface area contributed by atoms with E-state index in [1.807, 2.05) is 24.3 Å². The van der Waals surface area contributed by atoms with Gasteiger partial charge < -0.3 is 16.0 Å². The molecule has 1 amide bonds. The van der Waals surface area contributed by atoms with Gasteiger partial charge in [-0.3, -0.25) is 4.79 Å². The third kappa shape index (κ3) is 7.91. The largest absolute Gasteiger partial charge is 0.399 e. The van der Waals surface area contributed by atoms with Gasteiger partial charge in [0.2, 0.25) is 5.91 Å². The number of benzene rings is 1. The van der Waals surface area contributed by atoms with Crippen molar-refractivity contribution in [3.63, 3.8) is 0 Å². The number of hydrogen-bond acceptors (Lipinski definition) is 3. The molecule has 2 rings (SSSR count). The van der Waals surface area contributed by atoms with Crippen LogP contribution in [-0.4, -0.2) is 36.5 Å². The number of carbonyl (C=O) groups excluding carboxylic acids is 1. The van der Waals surface area contributed by atoms with Gasteiger partial charge in [0.05, 0.1) is 6.42 Å². The fraction of sp³-hybridized carbons (Fsp3) is 0.588. The molecule has 1 saturated heterocycles. The van der Waals surface area contributed by atoms with Crippen LogP contribution in [0.25, 0.3) is 0 Å². The first-order valence-electron chi connectivity index (χ1n) is 7.89. The lowest BCUT2D eigenvalue weighted by molar-refractivity contribution is -0.121. The fourth-order valence-electron chi connectivity index (χ4n) is 3.03. The van der Waals surface area contributed by atoms with E-state index in [9.17, 15) is 4.79 Å². The minimum Gasteiger partial charge on any atom is -0.399 e. The molecule has 0 saturated carbocycles. The molecular weight excluding hydrogens is 333 g/mol. The van der Waals surface area contributed by atoms with Crippen LogP contribution in [0.2, 0.25) is 0 Å². The maximum Gasteiger partial charge on any atom is 0.224 e. The molecule has 0 aliphatic carbocycles. The van der Waals surface area contributed by atoms with Gasteiger partial charge in [-0.2, -0.15) is 0 Å². The number of anilines is 1. The number of nitrogen functional groups attached to an aromatic ring is 1. The molecule has 1 heterocycles. The van der Waals surface area contributed by atoms with Gasteiger partial charge in [-0.1, -0.05) is 19.1 Å². The van der Waals surface area contributed by atoms with Crippen LogP contribution in [-0.2, 0) is 11.2 Å². The van der Waals surface area contributed by atoms with Crippen molar-refractivity contribution in [3.8, 4) is 0 Å². The van der Waals surface area contributed by atoms with Crippen molar-refractivity contribution >= 4 is 36.4 Å². The Balaban J connectivity index is 0.00000242. The molecule has 2 atom stereocenters. The SMILES string of the molecule is CC1CCCN(CC(C)NC(=O)Cc2ccc(N)cc2)C1.Cl.Cl. The zero-order valence-corrected chi connectivity index (χ0v) is 15.6. The standard InChI is InChI=1S/C17H27N3O.2ClH/c1-13-4-3-9-20(11-13)12-14(2)19-17(21)10-15-5-7-16(18)8-6-15;;/h5-8,13-14H,3-4,9-12,18H2,1-2H3,(H,19,21);2*1H. The molecule has 6 heteroatoms. The van der Waals surface area contributed by atoms with Gasteiger partial charge in [0, 0.05) is 24.8 Å². The van der Waals surface area contributed by atoms with Crippen LogP contribution < -0.4 is 11.1 Å². The van der Waals surface area contributed by atoms with Gasteiger partial charge >= 0.3 is 0 Å². The van der Waals surface area contributed by atoms with E-state index < -0.39 is 0 Å². The van der Waals surface area contributed by atoms with Crippen LogP contribution in [0, 0.1) is 5.92 Å². The van der Waals surface area contributed by atoms with Gasteiger partial charge in [-0.05, 0) is 49.9 Å². The van der Waals surface area contributed by atoms with Crippen molar-refractivity contribution in [3.05, 3.63) is 29.8 Å². The van der Waals surface area contributed by atoms with E-state index in [-0.39, 0.29) is 36.8 Å². The number of likely N-dealkylation sites (tertiary alicyclic amines) is 1.